The number of hydrogen-bond acceptors (Lipinski definition) is 4. The molecular formula is C15H32N4O. The molecule has 0 aromatic rings. The molecule has 1 aliphatic heterocycles. The van der Waals surface area contributed by atoms with E-state index in [0.29, 0.717) is 6.04 Å². The monoisotopic (exact) mass is 284 g/mol. The summed E-state index contributed by atoms with van der Waals surface area (Å²) < 4.78 is 0. The molecule has 5 heteroatoms. The van der Waals surface area contributed by atoms with Gasteiger partial charge in [0.25, 0.3) is 0 Å². The molecule has 118 valence electrons. The molecule has 1 aliphatic rings. The number of primary amides is 1. The van der Waals surface area contributed by atoms with Crippen molar-refractivity contribution in [2.45, 2.75) is 58.2 Å². The quantitative estimate of drug-likeness (QED) is 0.778. The number of nitrogens with two attached hydrogens (primary N) is 1. The lowest BCUT2D eigenvalue weighted by molar-refractivity contribution is -0.124. The number of hydrogen-bond donors (Lipinski definition) is 2. The van der Waals surface area contributed by atoms with Crippen LogP contribution in [0.2, 0.25) is 0 Å². The maximum absolute atomic E-state index is 11.6. The standard InChI is InChI=1S/C15H32N4O/c1-12(11-15(5,17-6)13(16)20)18-7-9-19(10-8-18)14(2,3)4/h12,17H,7-11H2,1-6H3,(H2,16,20). The lowest BCUT2D eigenvalue weighted by atomic mass is 9.92. The van der Waals surface area contributed by atoms with Crippen LogP contribution < -0.4 is 11.1 Å². The smallest absolute Gasteiger partial charge is 0.237 e. The van der Waals surface area contributed by atoms with E-state index in [2.05, 4.69) is 42.8 Å². The minimum atomic E-state index is -0.624. The average molecular weight is 284 g/mol. The zero-order valence-corrected chi connectivity index (χ0v) is 14.0. The Balaban J connectivity index is 2.55. The summed E-state index contributed by atoms with van der Waals surface area (Å²) in [5.41, 5.74) is 5.12. The van der Waals surface area contributed by atoms with E-state index in [9.17, 15) is 4.79 Å². The van der Waals surface area contributed by atoms with E-state index in [1.165, 1.54) is 0 Å². The number of carbonyl (C=O) groups excluding carboxylic acids is 1. The van der Waals surface area contributed by atoms with Crippen LogP contribution in [0.5, 0.6) is 0 Å². The van der Waals surface area contributed by atoms with Crippen molar-refractivity contribution in [2.75, 3.05) is 33.2 Å². The van der Waals surface area contributed by atoms with Gasteiger partial charge >= 0.3 is 0 Å². The number of piperazine rings is 1. The number of carbonyl (C=O) groups is 1. The molecule has 0 radical (unpaired) electrons. The topological polar surface area (TPSA) is 61.6 Å². The zero-order chi connectivity index (χ0) is 15.6. The summed E-state index contributed by atoms with van der Waals surface area (Å²) in [6.45, 7) is 15.1. The largest absolute Gasteiger partial charge is 0.368 e. The molecule has 20 heavy (non-hydrogen) atoms. The predicted molar refractivity (Wildman–Crippen MR) is 83.6 cm³/mol. The Hall–Kier alpha value is -0.650. The highest BCUT2D eigenvalue weighted by Gasteiger charge is 2.34. The highest BCUT2D eigenvalue weighted by molar-refractivity contribution is 5.84. The third-order valence-corrected chi connectivity index (χ3v) is 4.69. The number of rotatable bonds is 5. The van der Waals surface area contributed by atoms with E-state index in [-0.39, 0.29) is 11.4 Å². The fourth-order valence-corrected chi connectivity index (χ4v) is 2.88. The van der Waals surface area contributed by atoms with Crippen LogP contribution in [0.1, 0.15) is 41.0 Å². The number of nitrogens with zero attached hydrogens (tertiary/aromatic N) is 2. The summed E-state index contributed by atoms with van der Waals surface area (Å²) in [6, 6.07) is 0.349. The lowest BCUT2D eigenvalue weighted by Gasteiger charge is -2.45. The first-order valence-corrected chi connectivity index (χ1v) is 7.58. The second-order valence-corrected chi connectivity index (χ2v) is 7.19. The highest BCUT2D eigenvalue weighted by atomic mass is 16.1. The van der Waals surface area contributed by atoms with E-state index >= 15 is 0 Å². The molecule has 3 N–H and O–H groups in total. The van der Waals surface area contributed by atoms with E-state index < -0.39 is 5.54 Å². The normalized spacial score (nSPS) is 23.3. The van der Waals surface area contributed by atoms with Crippen LogP contribution in [-0.2, 0) is 4.79 Å². The van der Waals surface area contributed by atoms with Crippen molar-refractivity contribution < 1.29 is 4.79 Å². The van der Waals surface area contributed by atoms with Crippen LogP contribution in [0.25, 0.3) is 0 Å². The van der Waals surface area contributed by atoms with Gasteiger partial charge in [0, 0.05) is 37.8 Å². The molecule has 2 atom stereocenters. The number of nitrogens with one attached hydrogen (secondary N) is 1. The molecule has 0 aromatic heterocycles. The third kappa shape index (κ3) is 4.17. The van der Waals surface area contributed by atoms with Gasteiger partial charge < -0.3 is 11.1 Å². The van der Waals surface area contributed by atoms with Crippen molar-refractivity contribution in [2.24, 2.45) is 5.73 Å². The van der Waals surface area contributed by atoms with Gasteiger partial charge in [0.2, 0.25) is 5.91 Å². The van der Waals surface area contributed by atoms with Crippen molar-refractivity contribution in [1.82, 2.24) is 15.1 Å². The average Bonchev–Trinajstić information content (AvgIpc) is 2.37. The maximum atomic E-state index is 11.6. The first kappa shape index (κ1) is 17.4. The van der Waals surface area contributed by atoms with Gasteiger partial charge in [0.15, 0.2) is 0 Å². The summed E-state index contributed by atoms with van der Waals surface area (Å²) in [5, 5.41) is 3.07. The Morgan fingerprint density at radius 3 is 2.05 bits per heavy atom. The zero-order valence-electron chi connectivity index (χ0n) is 14.0. The molecule has 1 saturated heterocycles. The van der Waals surface area contributed by atoms with Crippen molar-refractivity contribution in [3.63, 3.8) is 0 Å². The lowest BCUT2D eigenvalue weighted by Crippen LogP contribution is -2.58. The fraction of sp³-hybridized carbons (Fsp3) is 0.933. The molecule has 0 bridgehead atoms. The molecule has 0 spiro atoms. The Labute approximate surface area is 123 Å². The maximum Gasteiger partial charge on any atom is 0.237 e. The summed E-state index contributed by atoms with van der Waals surface area (Å²) in [7, 11) is 1.80. The van der Waals surface area contributed by atoms with E-state index in [1.807, 2.05) is 6.92 Å². The number of likely N-dealkylation sites (N-methyl/N-ethyl adjacent to an activating group) is 1. The second-order valence-electron chi connectivity index (χ2n) is 7.19. The number of amides is 1. The predicted octanol–water partition coefficient (Wildman–Crippen LogP) is 0.645. The molecule has 0 aliphatic carbocycles. The summed E-state index contributed by atoms with van der Waals surface area (Å²) in [5.74, 6) is -0.278. The van der Waals surface area contributed by atoms with Gasteiger partial charge in [-0.2, -0.15) is 0 Å². The minimum absolute atomic E-state index is 0.238. The van der Waals surface area contributed by atoms with Crippen LogP contribution >= 0.6 is 0 Å². The van der Waals surface area contributed by atoms with Crippen molar-refractivity contribution >= 4 is 5.91 Å². The molecule has 1 amide bonds. The van der Waals surface area contributed by atoms with Gasteiger partial charge in [-0.25, -0.2) is 0 Å². The van der Waals surface area contributed by atoms with Crippen molar-refractivity contribution in [3.05, 3.63) is 0 Å². The SMILES string of the molecule is CNC(C)(CC(C)N1CCN(C(C)(C)C)CC1)C(N)=O. The first-order chi connectivity index (χ1) is 9.10. The molecule has 2 unspecified atom stereocenters. The summed E-state index contributed by atoms with van der Waals surface area (Å²) >= 11 is 0. The molecule has 0 aromatic carbocycles. The minimum Gasteiger partial charge on any atom is -0.368 e. The van der Waals surface area contributed by atoms with Crippen LogP contribution in [-0.4, -0.2) is 66.1 Å². The highest BCUT2D eigenvalue weighted by Crippen LogP contribution is 2.20. The van der Waals surface area contributed by atoms with Gasteiger partial charge in [-0.1, -0.05) is 0 Å². The third-order valence-electron chi connectivity index (χ3n) is 4.69. The Morgan fingerprint density at radius 2 is 1.70 bits per heavy atom. The van der Waals surface area contributed by atoms with Crippen molar-refractivity contribution in [1.29, 1.82) is 0 Å². The van der Waals surface area contributed by atoms with E-state index in [1.54, 1.807) is 7.05 Å². The Kier molecular flexibility index (Phi) is 5.58. The summed E-state index contributed by atoms with van der Waals surface area (Å²) in [6.07, 6.45) is 0.744. The van der Waals surface area contributed by atoms with E-state index in [0.717, 1.165) is 32.6 Å². The van der Waals surface area contributed by atoms with Crippen molar-refractivity contribution in [3.8, 4) is 0 Å². The van der Waals surface area contributed by atoms with Crippen LogP contribution in [0.3, 0.4) is 0 Å². The summed E-state index contributed by atoms with van der Waals surface area (Å²) in [4.78, 5) is 16.6. The van der Waals surface area contributed by atoms with Crippen LogP contribution in [0.15, 0.2) is 0 Å². The van der Waals surface area contributed by atoms with Crippen LogP contribution in [0, 0.1) is 0 Å². The molecule has 5 nitrogen and oxygen atoms in total. The molecule has 0 saturated carbocycles. The molecule has 1 fully saturated rings. The van der Waals surface area contributed by atoms with Gasteiger partial charge in [-0.3, -0.25) is 14.6 Å². The Morgan fingerprint density at radius 1 is 1.20 bits per heavy atom. The van der Waals surface area contributed by atoms with Gasteiger partial charge in [0.05, 0.1) is 5.54 Å². The van der Waals surface area contributed by atoms with Crippen LogP contribution in [0.4, 0.5) is 0 Å². The Bertz CT molecular complexity index is 331. The van der Waals surface area contributed by atoms with Gasteiger partial charge in [0.1, 0.15) is 0 Å². The fourth-order valence-electron chi connectivity index (χ4n) is 2.88. The second kappa shape index (κ2) is 6.41. The van der Waals surface area contributed by atoms with Gasteiger partial charge in [-0.05, 0) is 48.1 Å². The molecule has 1 rings (SSSR count). The van der Waals surface area contributed by atoms with Gasteiger partial charge in [-0.15, -0.1) is 0 Å². The molecular weight excluding hydrogens is 252 g/mol. The molecule has 1 heterocycles. The van der Waals surface area contributed by atoms with E-state index in [4.69, 9.17) is 5.73 Å². The first-order valence-electron chi connectivity index (χ1n) is 7.58.